The summed E-state index contributed by atoms with van der Waals surface area (Å²) in [4.78, 5) is 6.60. The standard InChI is InChI=1S/C11H20N4/c1-14-7-6-13-11(14)15(2)9-10-4-3-5-12-8-10/h6-7,10,12H,3-5,8-9H2,1-2H3. The second kappa shape index (κ2) is 4.66. The molecule has 84 valence electrons. The minimum atomic E-state index is 0.764. The molecular weight excluding hydrogens is 188 g/mol. The van der Waals surface area contributed by atoms with Gasteiger partial charge in [0, 0.05) is 33.0 Å². The number of piperidine rings is 1. The summed E-state index contributed by atoms with van der Waals surface area (Å²) in [5, 5.41) is 3.45. The Hall–Kier alpha value is -1.03. The summed E-state index contributed by atoms with van der Waals surface area (Å²) >= 11 is 0. The van der Waals surface area contributed by atoms with Gasteiger partial charge >= 0.3 is 0 Å². The summed E-state index contributed by atoms with van der Waals surface area (Å²) in [5.74, 6) is 1.82. The van der Waals surface area contributed by atoms with E-state index in [0.29, 0.717) is 0 Å². The van der Waals surface area contributed by atoms with Crippen molar-refractivity contribution in [2.75, 3.05) is 31.6 Å². The van der Waals surface area contributed by atoms with E-state index < -0.39 is 0 Å². The summed E-state index contributed by atoms with van der Waals surface area (Å²) in [6.07, 6.45) is 6.48. The summed E-state index contributed by atoms with van der Waals surface area (Å²) in [7, 11) is 4.16. The van der Waals surface area contributed by atoms with Gasteiger partial charge in [0.2, 0.25) is 5.95 Å². The van der Waals surface area contributed by atoms with Crippen molar-refractivity contribution < 1.29 is 0 Å². The van der Waals surface area contributed by atoms with Gasteiger partial charge in [0.1, 0.15) is 0 Å². The lowest BCUT2D eigenvalue weighted by atomic mass is 9.99. The quantitative estimate of drug-likeness (QED) is 0.799. The molecule has 4 nitrogen and oxygen atoms in total. The Morgan fingerprint density at radius 2 is 2.53 bits per heavy atom. The number of nitrogens with zero attached hydrogens (tertiary/aromatic N) is 3. The fourth-order valence-corrected chi connectivity index (χ4v) is 2.27. The van der Waals surface area contributed by atoms with Gasteiger partial charge in [-0.05, 0) is 31.8 Å². The monoisotopic (exact) mass is 208 g/mol. The van der Waals surface area contributed by atoms with Gasteiger partial charge in [-0.2, -0.15) is 0 Å². The molecule has 15 heavy (non-hydrogen) atoms. The molecule has 1 N–H and O–H groups in total. The van der Waals surface area contributed by atoms with Crippen LogP contribution in [0.2, 0.25) is 0 Å². The first kappa shape index (κ1) is 10.5. The number of hydrogen-bond donors (Lipinski definition) is 1. The first-order chi connectivity index (χ1) is 7.27. The summed E-state index contributed by atoms with van der Waals surface area (Å²) in [6.45, 7) is 3.43. The predicted octanol–water partition coefficient (Wildman–Crippen LogP) is 0.856. The lowest BCUT2D eigenvalue weighted by molar-refractivity contribution is 0.379. The zero-order valence-corrected chi connectivity index (χ0v) is 9.61. The van der Waals surface area contributed by atoms with Crippen molar-refractivity contribution in [1.29, 1.82) is 0 Å². The molecular formula is C11H20N4. The second-order valence-electron chi connectivity index (χ2n) is 4.43. The van der Waals surface area contributed by atoms with Crippen molar-refractivity contribution in [2.24, 2.45) is 13.0 Å². The van der Waals surface area contributed by atoms with Crippen LogP contribution in [0, 0.1) is 5.92 Å². The number of rotatable bonds is 3. The van der Waals surface area contributed by atoms with Crippen molar-refractivity contribution in [1.82, 2.24) is 14.9 Å². The van der Waals surface area contributed by atoms with Crippen LogP contribution < -0.4 is 10.2 Å². The largest absolute Gasteiger partial charge is 0.345 e. The molecule has 1 atom stereocenters. The fourth-order valence-electron chi connectivity index (χ4n) is 2.27. The van der Waals surface area contributed by atoms with E-state index in [-0.39, 0.29) is 0 Å². The van der Waals surface area contributed by atoms with Gasteiger partial charge in [-0.15, -0.1) is 0 Å². The molecule has 0 saturated carbocycles. The van der Waals surface area contributed by atoms with E-state index in [0.717, 1.165) is 25.0 Å². The van der Waals surface area contributed by atoms with Gasteiger partial charge < -0.3 is 14.8 Å². The Kier molecular flexibility index (Phi) is 3.26. The molecule has 1 aliphatic heterocycles. The van der Waals surface area contributed by atoms with Crippen LogP contribution in [0.5, 0.6) is 0 Å². The normalized spacial score (nSPS) is 21.6. The van der Waals surface area contributed by atoms with E-state index in [4.69, 9.17) is 0 Å². The lowest BCUT2D eigenvalue weighted by Gasteiger charge is -2.28. The van der Waals surface area contributed by atoms with Crippen molar-refractivity contribution in [3.05, 3.63) is 12.4 Å². The van der Waals surface area contributed by atoms with Gasteiger partial charge in [-0.3, -0.25) is 0 Å². The van der Waals surface area contributed by atoms with Crippen LogP contribution >= 0.6 is 0 Å². The number of aryl methyl sites for hydroxylation is 1. The highest BCUT2D eigenvalue weighted by Crippen LogP contribution is 2.15. The van der Waals surface area contributed by atoms with Crippen molar-refractivity contribution >= 4 is 5.95 Å². The zero-order valence-electron chi connectivity index (χ0n) is 9.61. The topological polar surface area (TPSA) is 33.1 Å². The number of imidazole rings is 1. The molecule has 2 rings (SSSR count). The minimum absolute atomic E-state index is 0.764. The van der Waals surface area contributed by atoms with Gasteiger partial charge in [-0.1, -0.05) is 0 Å². The Balaban J connectivity index is 1.91. The Bertz CT molecular complexity index is 301. The third-order valence-corrected chi connectivity index (χ3v) is 3.07. The van der Waals surface area contributed by atoms with Gasteiger partial charge in [0.05, 0.1) is 0 Å². The highest BCUT2D eigenvalue weighted by Gasteiger charge is 2.16. The van der Waals surface area contributed by atoms with E-state index in [1.807, 2.05) is 19.4 Å². The molecule has 0 amide bonds. The van der Waals surface area contributed by atoms with Crippen LogP contribution in [-0.2, 0) is 7.05 Å². The SMILES string of the molecule is CN(CC1CCCNC1)c1nccn1C. The van der Waals surface area contributed by atoms with Crippen LogP contribution in [0.4, 0.5) is 5.95 Å². The van der Waals surface area contributed by atoms with Crippen molar-refractivity contribution in [2.45, 2.75) is 12.8 Å². The van der Waals surface area contributed by atoms with Crippen LogP contribution in [0.25, 0.3) is 0 Å². The number of nitrogens with one attached hydrogen (secondary N) is 1. The predicted molar refractivity (Wildman–Crippen MR) is 62.1 cm³/mol. The average molecular weight is 208 g/mol. The number of hydrogen-bond acceptors (Lipinski definition) is 3. The maximum Gasteiger partial charge on any atom is 0.204 e. The van der Waals surface area contributed by atoms with Gasteiger partial charge in [-0.25, -0.2) is 4.98 Å². The molecule has 1 aliphatic rings. The summed E-state index contributed by atoms with van der Waals surface area (Å²) in [6, 6.07) is 0. The zero-order chi connectivity index (χ0) is 10.7. The highest BCUT2D eigenvalue weighted by molar-refractivity contribution is 5.29. The van der Waals surface area contributed by atoms with E-state index >= 15 is 0 Å². The fraction of sp³-hybridized carbons (Fsp3) is 0.727. The molecule has 1 saturated heterocycles. The molecule has 1 aromatic heterocycles. The minimum Gasteiger partial charge on any atom is -0.345 e. The van der Waals surface area contributed by atoms with E-state index in [1.165, 1.54) is 19.4 Å². The van der Waals surface area contributed by atoms with E-state index in [9.17, 15) is 0 Å². The van der Waals surface area contributed by atoms with Crippen LogP contribution in [-0.4, -0.2) is 36.2 Å². The first-order valence-electron chi connectivity index (χ1n) is 5.66. The van der Waals surface area contributed by atoms with E-state index in [2.05, 4.69) is 26.8 Å². The molecule has 0 radical (unpaired) electrons. The molecule has 0 bridgehead atoms. The smallest absolute Gasteiger partial charge is 0.204 e. The first-order valence-corrected chi connectivity index (χ1v) is 5.66. The maximum atomic E-state index is 4.35. The number of aromatic nitrogens is 2. The van der Waals surface area contributed by atoms with Crippen LogP contribution in [0.1, 0.15) is 12.8 Å². The third-order valence-electron chi connectivity index (χ3n) is 3.07. The molecule has 2 heterocycles. The highest BCUT2D eigenvalue weighted by atomic mass is 15.3. The molecule has 1 unspecified atom stereocenters. The molecule has 0 aliphatic carbocycles. The molecule has 1 aromatic rings. The van der Waals surface area contributed by atoms with Gasteiger partial charge in [0.25, 0.3) is 0 Å². The van der Waals surface area contributed by atoms with Crippen LogP contribution in [0.3, 0.4) is 0 Å². The molecule has 0 spiro atoms. The summed E-state index contributed by atoms with van der Waals surface area (Å²) in [5.41, 5.74) is 0. The molecule has 4 heteroatoms. The maximum absolute atomic E-state index is 4.35. The Morgan fingerprint density at radius 3 is 3.13 bits per heavy atom. The molecule has 1 fully saturated rings. The molecule has 0 aromatic carbocycles. The van der Waals surface area contributed by atoms with E-state index in [1.54, 1.807) is 0 Å². The second-order valence-corrected chi connectivity index (χ2v) is 4.43. The Morgan fingerprint density at radius 1 is 1.67 bits per heavy atom. The Labute approximate surface area is 91.3 Å². The van der Waals surface area contributed by atoms with Crippen molar-refractivity contribution in [3.8, 4) is 0 Å². The van der Waals surface area contributed by atoms with Gasteiger partial charge in [0.15, 0.2) is 0 Å². The third kappa shape index (κ3) is 2.50. The van der Waals surface area contributed by atoms with Crippen LogP contribution in [0.15, 0.2) is 12.4 Å². The lowest BCUT2D eigenvalue weighted by Crippen LogP contribution is -2.37. The summed E-state index contributed by atoms with van der Waals surface area (Å²) < 4.78 is 2.07. The van der Waals surface area contributed by atoms with Crippen molar-refractivity contribution in [3.63, 3.8) is 0 Å². The number of anilines is 1. The average Bonchev–Trinajstić information content (AvgIpc) is 2.66.